The molecule has 2 rings (SSSR count). The van der Waals surface area contributed by atoms with Crippen LogP contribution < -0.4 is 20.1 Å². The maximum atomic E-state index is 5.32. The number of anilines is 1. The lowest BCUT2D eigenvalue weighted by Crippen LogP contribution is -2.40. The minimum absolute atomic E-state index is 0.207. The monoisotopic (exact) mass is 282 g/mol. The molecule has 6 heteroatoms. The summed E-state index contributed by atoms with van der Waals surface area (Å²) in [6, 6.07) is 5.84. The summed E-state index contributed by atoms with van der Waals surface area (Å²) >= 11 is 5.27. The van der Waals surface area contributed by atoms with Gasteiger partial charge in [0.25, 0.3) is 0 Å². The van der Waals surface area contributed by atoms with Gasteiger partial charge in [-0.15, -0.1) is 0 Å². The van der Waals surface area contributed by atoms with Gasteiger partial charge >= 0.3 is 0 Å². The van der Waals surface area contributed by atoms with Crippen molar-refractivity contribution in [3.8, 4) is 11.5 Å². The first kappa shape index (κ1) is 13.9. The Kier molecular flexibility index (Phi) is 4.81. The number of ether oxygens (including phenoxy) is 3. The largest absolute Gasteiger partial charge is 0.454 e. The SMILES string of the molecule is CCC(COC)NC(=S)Nc1ccc2c(c1)OCO2. The second-order valence-corrected chi connectivity index (χ2v) is 4.64. The normalized spacial score (nSPS) is 14.0. The fourth-order valence-corrected chi connectivity index (χ4v) is 2.07. The molecule has 104 valence electrons. The second-order valence-electron chi connectivity index (χ2n) is 4.23. The highest BCUT2D eigenvalue weighted by Crippen LogP contribution is 2.34. The molecule has 0 radical (unpaired) electrons. The van der Waals surface area contributed by atoms with Crippen LogP contribution in [0, 0.1) is 0 Å². The molecule has 0 fully saturated rings. The molecule has 1 unspecified atom stereocenters. The van der Waals surface area contributed by atoms with Crippen LogP contribution in [0.5, 0.6) is 11.5 Å². The topological polar surface area (TPSA) is 51.8 Å². The summed E-state index contributed by atoms with van der Waals surface area (Å²) in [5, 5.41) is 6.90. The zero-order valence-electron chi connectivity index (χ0n) is 11.1. The Morgan fingerprint density at radius 1 is 1.42 bits per heavy atom. The lowest BCUT2D eigenvalue weighted by atomic mass is 10.2. The predicted octanol–water partition coefficient (Wildman–Crippen LogP) is 2.13. The molecule has 1 heterocycles. The van der Waals surface area contributed by atoms with E-state index < -0.39 is 0 Å². The van der Waals surface area contributed by atoms with E-state index in [1.165, 1.54) is 0 Å². The molecule has 1 aliphatic heterocycles. The van der Waals surface area contributed by atoms with Crippen molar-refractivity contribution in [3.63, 3.8) is 0 Å². The van der Waals surface area contributed by atoms with E-state index in [-0.39, 0.29) is 12.8 Å². The number of hydrogen-bond acceptors (Lipinski definition) is 4. The van der Waals surface area contributed by atoms with Crippen LogP contribution in [-0.4, -0.2) is 31.7 Å². The molecule has 1 aromatic rings. The van der Waals surface area contributed by atoms with Crippen LogP contribution in [0.25, 0.3) is 0 Å². The lowest BCUT2D eigenvalue weighted by molar-refractivity contribution is 0.172. The molecular weight excluding hydrogens is 264 g/mol. The lowest BCUT2D eigenvalue weighted by Gasteiger charge is -2.18. The number of rotatable bonds is 5. The van der Waals surface area contributed by atoms with Crippen molar-refractivity contribution in [1.29, 1.82) is 0 Å². The van der Waals surface area contributed by atoms with E-state index in [0.717, 1.165) is 23.6 Å². The maximum Gasteiger partial charge on any atom is 0.231 e. The van der Waals surface area contributed by atoms with Crippen LogP contribution in [-0.2, 0) is 4.74 Å². The summed E-state index contributed by atoms with van der Waals surface area (Å²) < 4.78 is 15.7. The van der Waals surface area contributed by atoms with Crippen LogP contribution in [0.3, 0.4) is 0 Å². The molecule has 0 bridgehead atoms. The van der Waals surface area contributed by atoms with Crippen molar-refractivity contribution in [2.45, 2.75) is 19.4 Å². The van der Waals surface area contributed by atoms with Crippen LogP contribution in [0.2, 0.25) is 0 Å². The van der Waals surface area contributed by atoms with Gasteiger partial charge in [0.05, 0.1) is 12.6 Å². The van der Waals surface area contributed by atoms with Gasteiger partial charge in [-0.05, 0) is 30.8 Å². The van der Waals surface area contributed by atoms with Crippen molar-refractivity contribution in [1.82, 2.24) is 5.32 Å². The van der Waals surface area contributed by atoms with E-state index >= 15 is 0 Å². The fraction of sp³-hybridized carbons (Fsp3) is 0.462. The van der Waals surface area contributed by atoms with Gasteiger partial charge in [0.15, 0.2) is 16.6 Å². The van der Waals surface area contributed by atoms with E-state index in [4.69, 9.17) is 26.4 Å². The number of fused-ring (bicyclic) bond motifs is 1. The zero-order valence-corrected chi connectivity index (χ0v) is 11.9. The van der Waals surface area contributed by atoms with Gasteiger partial charge in [-0.2, -0.15) is 0 Å². The van der Waals surface area contributed by atoms with E-state index in [9.17, 15) is 0 Å². The Labute approximate surface area is 118 Å². The van der Waals surface area contributed by atoms with Crippen molar-refractivity contribution in [2.75, 3.05) is 25.8 Å². The van der Waals surface area contributed by atoms with E-state index in [2.05, 4.69) is 17.6 Å². The van der Waals surface area contributed by atoms with Gasteiger partial charge in [0.2, 0.25) is 6.79 Å². The van der Waals surface area contributed by atoms with Gasteiger partial charge in [-0.1, -0.05) is 6.92 Å². The van der Waals surface area contributed by atoms with E-state index in [1.54, 1.807) is 7.11 Å². The Hall–Kier alpha value is -1.53. The fourth-order valence-electron chi connectivity index (χ4n) is 1.79. The minimum atomic E-state index is 0.207. The first-order valence-electron chi connectivity index (χ1n) is 6.19. The summed E-state index contributed by atoms with van der Waals surface area (Å²) in [5.74, 6) is 1.49. The molecule has 5 nitrogen and oxygen atoms in total. The van der Waals surface area contributed by atoms with Crippen molar-refractivity contribution < 1.29 is 14.2 Å². The number of hydrogen-bond donors (Lipinski definition) is 2. The van der Waals surface area contributed by atoms with Gasteiger partial charge in [0.1, 0.15) is 0 Å². The molecule has 0 amide bonds. The quantitative estimate of drug-likeness (QED) is 0.807. The zero-order chi connectivity index (χ0) is 13.7. The molecule has 0 spiro atoms. The number of nitrogens with one attached hydrogen (secondary N) is 2. The minimum Gasteiger partial charge on any atom is -0.454 e. The van der Waals surface area contributed by atoms with Crippen molar-refractivity contribution >= 4 is 23.0 Å². The van der Waals surface area contributed by atoms with Gasteiger partial charge in [0, 0.05) is 18.9 Å². The van der Waals surface area contributed by atoms with Crippen molar-refractivity contribution in [3.05, 3.63) is 18.2 Å². The molecule has 1 atom stereocenters. The molecule has 1 aliphatic rings. The Morgan fingerprint density at radius 3 is 2.95 bits per heavy atom. The number of thiocarbonyl (C=S) groups is 1. The molecule has 0 aliphatic carbocycles. The average molecular weight is 282 g/mol. The Bertz CT molecular complexity index is 454. The van der Waals surface area contributed by atoms with Gasteiger partial charge in [-0.25, -0.2) is 0 Å². The summed E-state index contributed by atoms with van der Waals surface area (Å²) in [6.07, 6.45) is 0.941. The van der Waals surface area contributed by atoms with Crippen molar-refractivity contribution in [2.24, 2.45) is 0 Å². The first-order chi connectivity index (χ1) is 9.22. The number of methoxy groups -OCH3 is 1. The highest BCUT2D eigenvalue weighted by molar-refractivity contribution is 7.80. The molecule has 0 saturated heterocycles. The maximum absolute atomic E-state index is 5.32. The van der Waals surface area contributed by atoms with Crippen LogP contribution in [0.15, 0.2) is 18.2 Å². The third-order valence-corrected chi connectivity index (χ3v) is 3.05. The first-order valence-corrected chi connectivity index (χ1v) is 6.60. The van der Waals surface area contributed by atoms with Crippen LogP contribution in [0.1, 0.15) is 13.3 Å². The molecule has 19 heavy (non-hydrogen) atoms. The smallest absolute Gasteiger partial charge is 0.231 e. The molecular formula is C13H18N2O3S. The highest BCUT2D eigenvalue weighted by Gasteiger charge is 2.14. The van der Waals surface area contributed by atoms with E-state index in [1.807, 2.05) is 18.2 Å². The predicted molar refractivity (Wildman–Crippen MR) is 77.9 cm³/mol. The molecule has 1 aromatic carbocycles. The molecule has 0 aromatic heterocycles. The third kappa shape index (κ3) is 3.71. The highest BCUT2D eigenvalue weighted by atomic mass is 32.1. The third-order valence-electron chi connectivity index (χ3n) is 2.83. The average Bonchev–Trinajstić information content (AvgIpc) is 2.85. The van der Waals surface area contributed by atoms with Crippen LogP contribution >= 0.6 is 12.2 Å². The van der Waals surface area contributed by atoms with Gasteiger partial charge < -0.3 is 24.8 Å². The Balaban J connectivity index is 1.91. The molecule has 2 N–H and O–H groups in total. The summed E-state index contributed by atoms with van der Waals surface area (Å²) in [5.41, 5.74) is 0.869. The van der Waals surface area contributed by atoms with Gasteiger partial charge in [-0.3, -0.25) is 0 Å². The van der Waals surface area contributed by atoms with Crippen LogP contribution in [0.4, 0.5) is 5.69 Å². The summed E-state index contributed by atoms with van der Waals surface area (Å²) in [4.78, 5) is 0. The van der Waals surface area contributed by atoms with E-state index in [0.29, 0.717) is 11.7 Å². The molecule has 0 saturated carbocycles. The summed E-state index contributed by atoms with van der Waals surface area (Å²) in [7, 11) is 1.68. The number of benzene rings is 1. The standard InChI is InChI=1S/C13H18N2O3S/c1-3-9(7-16-2)14-13(19)15-10-4-5-11-12(6-10)18-8-17-11/h4-6,9H,3,7-8H2,1-2H3,(H2,14,15,19). The Morgan fingerprint density at radius 2 is 2.21 bits per heavy atom. The second kappa shape index (κ2) is 6.58. The summed E-state index contributed by atoms with van der Waals surface area (Å²) in [6.45, 7) is 2.98.